The van der Waals surface area contributed by atoms with Gasteiger partial charge in [-0.05, 0) is 43.4 Å². The van der Waals surface area contributed by atoms with Gasteiger partial charge in [0, 0.05) is 40.0 Å². The second kappa shape index (κ2) is 11.1. The van der Waals surface area contributed by atoms with E-state index in [0.29, 0.717) is 31.6 Å². The minimum absolute atomic E-state index is 0.305. The number of aliphatic imine (C=N–C) groups is 1. The van der Waals surface area contributed by atoms with E-state index < -0.39 is 11.7 Å². The smallest absolute Gasteiger partial charge is 0.381 e. The average Bonchev–Trinajstić information content (AvgIpc) is 2.67. The lowest BCUT2D eigenvalue weighted by atomic mass is 10.1. The first kappa shape index (κ1) is 21.5. The van der Waals surface area contributed by atoms with Crippen molar-refractivity contribution >= 4 is 5.96 Å². The molecular weight excluding hydrogens is 359 g/mol. The summed E-state index contributed by atoms with van der Waals surface area (Å²) in [6.45, 7) is 3.57. The molecule has 0 bridgehead atoms. The number of ether oxygens (including phenoxy) is 2. The lowest BCUT2D eigenvalue weighted by molar-refractivity contribution is -0.137. The molecule has 0 amide bonds. The third kappa shape index (κ3) is 8.17. The molecule has 0 aromatic heterocycles. The Morgan fingerprint density at radius 1 is 1.15 bits per heavy atom. The van der Waals surface area contributed by atoms with Gasteiger partial charge in [0.2, 0.25) is 0 Å². The Labute approximate surface area is 158 Å². The van der Waals surface area contributed by atoms with Gasteiger partial charge in [-0.2, -0.15) is 13.2 Å². The average molecular weight is 387 g/mol. The van der Waals surface area contributed by atoms with Crippen LogP contribution in [0, 0.1) is 0 Å². The number of nitrogens with zero attached hydrogens (tertiary/aromatic N) is 1. The number of nitrogens with one attached hydrogen (secondary N) is 2. The summed E-state index contributed by atoms with van der Waals surface area (Å²) in [6, 6.07) is 5.24. The maximum Gasteiger partial charge on any atom is 0.416 e. The fraction of sp³-hybridized carbons (Fsp3) is 0.632. The van der Waals surface area contributed by atoms with Crippen molar-refractivity contribution in [2.45, 2.75) is 38.0 Å². The Bertz CT molecular complexity index is 571. The molecule has 27 heavy (non-hydrogen) atoms. The summed E-state index contributed by atoms with van der Waals surface area (Å²) in [4.78, 5) is 4.14. The molecule has 1 aliphatic heterocycles. The number of rotatable bonds is 8. The molecule has 0 aliphatic carbocycles. The highest BCUT2D eigenvalue weighted by molar-refractivity contribution is 5.79. The molecule has 1 fully saturated rings. The van der Waals surface area contributed by atoms with Crippen molar-refractivity contribution in [2.75, 3.05) is 40.0 Å². The van der Waals surface area contributed by atoms with Crippen molar-refractivity contribution in [2.24, 2.45) is 4.99 Å². The lowest BCUT2D eigenvalue weighted by Gasteiger charge is -2.22. The first-order chi connectivity index (χ1) is 13.0. The molecular formula is C19H28F3N3O2. The molecule has 5 nitrogen and oxygen atoms in total. The summed E-state index contributed by atoms with van der Waals surface area (Å²) >= 11 is 0. The Morgan fingerprint density at radius 2 is 1.81 bits per heavy atom. The van der Waals surface area contributed by atoms with Crippen LogP contribution in [0.25, 0.3) is 0 Å². The predicted molar refractivity (Wildman–Crippen MR) is 98.9 cm³/mol. The minimum Gasteiger partial charge on any atom is -0.381 e. The van der Waals surface area contributed by atoms with Crippen LogP contribution in [0.2, 0.25) is 0 Å². The molecule has 2 N–H and O–H groups in total. The Balaban J connectivity index is 1.58. The Morgan fingerprint density at radius 3 is 2.44 bits per heavy atom. The number of benzene rings is 1. The molecule has 0 atom stereocenters. The zero-order chi connectivity index (χ0) is 19.5. The maximum absolute atomic E-state index is 12.6. The molecule has 1 aliphatic rings. The van der Waals surface area contributed by atoms with Crippen molar-refractivity contribution in [3.8, 4) is 0 Å². The van der Waals surface area contributed by atoms with Crippen LogP contribution in [0.4, 0.5) is 13.2 Å². The highest BCUT2D eigenvalue weighted by Gasteiger charge is 2.29. The van der Waals surface area contributed by atoms with Gasteiger partial charge in [0.1, 0.15) is 0 Å². The SMILES string of the molecule is CN=C(NCCCOC1CCOCC1)NCCc1ccc(C(F)(F)F)cc1. The van der Waals surface area contributed by atoms with Crippen molar-refractivity contribution in [3.63, 3.8) is 0 Å². The largest absolute Gasteiger partial charge is 0.416 e. The van der Waals surface area contributed by atoms with Crippen LogP contribution < -0.4 is 10.6 Å². The minimum atomic E-state index is -4.29. The Kier molecular flexibility index (Phi) is 8.87. The molecule has 1 saturated heterocycles. The summed E-state index contributed by atoms with van der Waals surface area (Å²) in [6.07, 6.45) is -0.582. The van der Waals surface area contributed by atoms with Crippen LogP contribution >= 0.6 is 0 Å². The van der Waals surface area contributed by atoms with E-state index in [0.717, 1.165) is 56.7 Å². The van der Waals surface area contributed by atoms with Crippen molar-refractivity contribution in [3.05, 3.63) is 35.4 Å². The molecule has 2 rings (SSSR count). The van der Waals surface area contributed by atoms with Gasteiger partial charge in [-0.3, -0.25) is 4.99 Å². The highest BCUT2D eigenvalue weighted by atomic mass is 19.4. The third-order valence-electron chi connectivity index (χ3n) is 4.35. The zero-order valence-corrected chi connectivity index (χ0v) is 15.6. The number of halogens is 3. The van der Waals surface area contributed by atoms with E-state index in [2.05, 4.69) is 15.6 Å². The lowest BCUT2D eigenvalue weighted by Crippen LogP contribution is -2.39. The van der Waals surface area contributed by atoms with Gasteiger partial charge < -0.3 is 20.1 Å². The standard InChI is InChI=1S/C19H28F3N3O2/c1-23-18(24-10-2-12-27-17-8-13-26-14-9-17)25-11-7-15-3-5-16(6-4-15)19(20,21)22/h3-6,17H,2,7-14H2,1H3,(H2,23,24,25). The van der Waals surface area contributed by atoms with Gasteiger partial charge in [0.15, 0.2) is 5.96 Å². The summed E-state index contributed by atoms with van der Waals surface area (Å²) in [7, 11) is 1.69. The first-order valence-electron chi connectivity index (χ1n) is 9.29. The monoisotopic (exact) mass is 387 g/mol. The van der Waals surface area contributed by atoms with Gasteiger partial charge in [-0.15, -0.1) is 0 Å². The topological polar surface area (TPSA) is 54.9 Å². The van der Waals surface area contributed by atoms with E-state index in [9.17, 15) is 13.2 Å². The molecule has 1 aromatic carbocycles. The van der Waals surface area contributed by atoms with Gasteiger partial charge >= 0.3 is 6.18 Å². The molecule has 0 radical (unpaired) electrons. The van der Waals surface area contributed by atoms with Gasteiger partial charge in [0.25, 0.3) is 0 Å². The normalized spacial score (nSPS) is 16.4. The van der Waals surface area contributed by atoms with Crippen molar-refractivity contribution in [1.82, 2.24) is 10.6 Å². The quantitative estimate of drug-likeness (QED) is 0.409. The second-order valence-corrected chi connectivity index (χ2v) is 6.41. The van der Waals surface area contributed by atoms with E-state index in [-0.39, 0.29) is 0 Å². The Hall–Kier alpha value is -1.80. The number of hydrogen-bond acceptors (Lipinski definition) is 3. The van der Waals surface area contributed by atoms with Crippen LogP contribution in [0.15, 0.2) is 29.3 Å². The van der Waals surface area contributed by atoms with E-state index >= 15 is 0 Å². The number of guanidine groups is 1. The van der Waals surface area contributed by atoms with E-state index in [4.69, 9.17) is 9.47 Å². The third-order valence-corrected chi connectivity index (χ3v) is 4.35. The van der Waals surface area contributed by atoms with Crippen LogP contribution in [0.5, 0.6) is 0 Å². The van der Waals surface area contributed by atoms with Crippen molar-refractivity contribution < 1.29 is 22.6 Å². The van der Waals surface area contributed by atoms with Crippen molar-refractivity contribution in [1.29, 1.82) is 0 Å². The van der Waals surface area contributed by atoms with E-state index in [1.54, 1.807) is 7.05 Å². The molecule has 0 saturated carbocycles. The molecule has 0 unspecified atom stereocenters. The van der Waals surface area contributed by atoms with Crippen LogP contribution in [0.1, 0.15) is 30.4 Å². The fourth-order valence-corrected chi connectivity index (χ4v) is 2.78. The molecule has 8 heteroatoms. The van der Waals surface area contributed by atoms with Crippen LogP contribution in [-0.4, -0.2) is 52.0 Å². The number of hydrogen-bond donors (Lipinski definition) is 2. The van der Waals surface area contributed by atoms with Gasteiger partial charge in [0.05, 0.1) is 11.7 Å². The number of alkyl halides is 3. The van der Waals surface area contributed by atoms with Gasteiger partial charge in [-0.1, -0.05) is 12.1 Å². The summed E-state index contributed by atoms with van der Waals surface area (Å²) in [5, 5.41) is 6.37. The van der Waals surface area contributed by atoms with Crippen LogP contribution in [-0.2, 0) is 22.1 Å². The summed E-state index contributed by atoms with van der Waals surface area (Å²) < 4.78 is 48.8. The highest BCUT2D eigenvalue weighted by Crippen LogP contribution is 2.29. The second-order valence-electron chi connectivity index (χ2n) is 6.41. The first-order valence-corrected chi connectivity index (χ1v) is 9.29. The summed E-state index contributed by atoms with van der Waals surface area (Å²) in [5.41, 5.74) is 0.218. The summed E-state index contributed by atoms with van der Waals surface area (Å²) in [5.74, 6) is 0.674. The molecule has 152 valence electrons. The fourth-order valence-electron chi connectivity index (χ4n) is 2.78. The van der Waals surface area contributed by atoms with Gasteiger partial charge in [-0.25, -0.2) is 0 Å². The molecule has 1 heterocycles. The molecule has 0 spiro atoms. The van der Waals surface area contributed by atoms with E-state index in [1.807, 2.05) is 0 Å². The van der Waals surface area contributed by atoms with E-state index in [1.165, 1.54) is 12.1 Å². The maximum atomic E-state index is 12.6. The molecule has 1 aromatic rings. The van der Waals surface area contributed by atoms with Crippen LogP contribution in [0.3, 0.4) is 0 Å². The zero-order valence-electron chi connectivity index (χ0n) is 15.6. The predicted octanol–water partition coefficient (Wildman–Crippen LogP) is 3.00.